The maximum absolute atomic E-state index is 14.4. The molecule has 15 nitrogen and oxygen atoms in total. The first-order valence-corrected chi connectivity index (χ1v) is 25.8. The summed E-state index contributed by atoms with van der Waals surface area (Å²) in [6.45, 7) is 16.1. The smallest absolute Gasteiger partial charge is 0.316 e. The Morgan fingerprint density at radius 1 is 0.955 bits per heavy atom. The molecular weight excluding hydrogens is 873 g/mol. The summed E-state index contributed by atoms with van der Waals surface area (Å²) >= 11 is 0. The van der Waals surface area contributed by atoms with Crippen molar-refractivity contribution in [2.24, 2.45) is 23.7 Å². The van der Waals surface area contributed by atoms with Crippen molar-refractivity contribution in [3.05, 3.63) is 47.1 Å². The van der Waals surface area contributed by atoms with E-state index in [9.17, 15) is 24.3 Å². The molecule has 5 fully saturated rings. The lowest BCUT2D eigenvalue weighted by atomic mass is 9.71. The molecule has 6 heterocycles. The number of methoxy groups -OCH3 is 2. The van der Waals surface area contributed by atoms with Crippen molar-refractivity contribution >= 4 is 16.8 Å². The van der Waals surface area contributed by atoms with Crippen LogP contribution in [0, 0.1) is 23.7 Å². The summed E-state index contributed by atoms with van der Waals surface area (Å²) in [7, 11) is 1.89. The van der Waals surface area contributed by atoms with E-state index in [4.69, 9.17) is 47.4 Å². The largest absolute Gasteiger partial charge is 0.462 e. The van der Waals surface area contributed by atoms with Crippen LogP contribution in [0.4, 0.5) is 0 Å². The van der Waals surface area contributed by atoms with E-state index in [0.717, 1.165) is 18.4 Å². The minimum Gasteiger partial charge on any atom is -0.462 e. The van der Waals surface area contributed by atoms with Crippen LogP contribution in [-0.4, -0.2) is 155 Å². The number of esters is 1. The highest BCUT2D eigenvalue weighted by molar-refractivity contribution is 7.85. The highest BCUT2D eigenvalue weighted by Crippen LogP contribution is 2.48. The second-order valence-electron chi connectivity index (χ2n) is 20.1. The van der Waals surface area contributed by atoms with Gasteiger partial charge in [-0.1, -0.05) is 64.5 Å². The van der Waals surface area contributed by atoms with E-state index in [1.165, 1.54) is 0 Å². The third-order valence-electron chi connectivity index (χ3n) is 15.5. The molecule has 2 bridgehead atoms. The zero-order valence-corrected chi connectivity index (χ0v) is 41.5. The predicted octanol–water partition coefficient (Wildman–Crippen LogP) is 5.35. The second-order valence-corrected chi connectivity index (χ2v) is 21.8. The SMILES string of the molecule is CCC(C)[C@H]1O[C@]2(CC[C@@H]1C)C[C@@H]1C[C@@H](C/C=C(\C)[C@@H](O[C@H]3C[C@H](OC)[C@@H](O[C@H]4C[C@H](OC)[C@H](S(=O)CCO)[C@H](C)O4)[C@H](C)O3)[C@@H](C)/C=C/C=C3\CO[C@@H]4[C@H](O)C(C)=C[C@@H](C(=O)O1)[C@]34O)O2. The van der Waals surface area contributed by atoms with E-state index in [-0.39, 0.29) is 43.2 Å². The molecular formula is C50H78O15S. The summed E-state index contributed by atoms with van der Waals surface area (Å²) in [6, 6.07) is 0. The minimum atomic E-state index is -1.83. The molecule has 0 aromatic heterocycles. The number of fused-ring (bicyclic) bond motifs is 2. The van der Waals surface area contributed by atoms with Gasteiger partial charge < -0.3 is 62.7 Å². The average Bonchev–Trinajstić information content (AvgIpc) is 3.62. The van der Waals surface area contributed by atoms with Crippen molar-refractivity contribution < 1.29 is 71.7 Å². The Hall–Kier alpha value is -1.90. The molecule has 5 saturated heterocycles. The molecule has 0 amide bonds. The van der Waals surface area contributed by atoms with Crippen LogP contribution in [0.2, 0.25) is 0 Å². The number of hydrogen-bond donors (Lipinski definition) is 3. The van der Waals surface area contributed by atoms with Gasteiger partial charge >= 0.3 is 5.97 Å². The summed E-state index contributed by atoms with van der Waals surface area (Å²) < 4.78 is 77.6. The van der Waals surface area contributed by atoms with Gasteiger partial charge in [-0.2, -0.15) is 0 Å². The summed E-state index contributed by atoms with van der Waals surface area (Å²) in [4.78, 5) is 14.4. The van der Waals surface area contributed by atoms with Gasteiger partial charge in [0, 0.05) is 68.8 Å². The third-order valence-corrected chi connectivity index (χ3v) is 17.4. The monoisotopic (exact) mass is 951 g/mol. The minimum absolute atomic E-state index is 0.0175. The van der Waals surface area contributed by atoms with Crippen LogP contribution >= 0.6 is 0 Å². The van der Waals surface area contributed by atoms with Crippen LogP contribution in [0.15, 0.2) is 47.1 Å². The topological polar surface area (TPSA) is 187 Å². The molecule has 6 aliphatic heterocycles. The van der Waals surface area contributed by atoms with E-state index in [2.05, 4.69) is 33.8 Å². The van der Waals surface area contributed by atoms with Crippen molar-refractivity contribution in [2.45, 2.75) is 203 Å². The standard InChI is InChI=1S/C50H78O15S/c1-11-27(2)44-30(5)17-18-49(65-44)25-36-22-35(64-49)16-15-29(4)43(28(3)13-12-14-34-26-58-47-42(52)31(6)21-37(48(53)61-36)50(34,47)54)62-40-23-38(56-9)45(32(7)59-40)63-41-24-39(57-10)46(33(8)60-41)66(55)20-19-51/h12-15,21,27-28,30,32-33,35-47,51-52,54H,11,16-20,22-26H2,1-10H3/b13-12+,29-15+,34-14+/t27?,28-,30-,32-,33-,35+,36-,37-,38-,39-,40-,41-,42+,43-,44+,45-,46+,47+,49+,50+,66?/m0/s1. The van der Waals surface area contributed by atoms with Crippen LogP contribution in [0.5, 0.6) is 0 Å². The summed E-state index contributed by atoms with van der Waals surface area (Å²) in [5, 5.41) is 32.8. The van der Waals surface area contributed by atoms with Crippen molar-refractivity contribution in [1.29, 1.82) is 0 Å². The quantitative estimate of drug-likeness (QED) is 0.178. The normalized spacial score (nSPS) is 47.6. The van der Waals surface area contributed by atoms with Gasteiger partial charge in [0.15, 0.2) is 18.4 Å². The number of carbonyl (C=O) groups is 1. The number of aliphatic hydroxyl groups is 3. The van der Waals surface area contributed by atoms with Gasteiger partial charge in [0.1, 0.15) is 35.9 Å². The van der Waals surface area contributed by atoms with E-state index in [0.29, 0.717) is 61.5 Å². The fraction of sp³-hybridized carbons (Fsp3) is 0.820. The second kappa shape index (κ2) is 22.0. The van der Waals surface area contributed by atoms with Crippen molar-refractivity contribution in [3.8, 4) is 0 Å². The number of ether oxygens (including phenoxy) is 10. The van der Waals surface area contributed by atoms with Crippen molar-refractivity contribution in [1.82, 2.24) is 0 Å². The molecule has 7 aliphatic rings. The first-order chi connectivity index (χ1) is 31.4. The molecule has 0 aromatic carbocycles. The summed E-state index contributed by atoms with van der Waals surface area (Å²) in [5.74, 6) is -2.02. The van der Waals surface area contributed by atoms with Gasteiger partial charge in [0.2, 0.25) is 0 Å². The van der Waals surface area contributed by atoms with Gasteiger partial charge in [-0.05, 0) is 69.1 Å². The van der Waals surface area contributed by atoms with E-state index < -0.39 is 101 Å². The summed E-state index contributed by atoms with van der Waals surface area (Å²) in [5.41, 5.74) is 0.144. The van der Waals surface area contributed by atoms with E-state index in [1.54, 1.807) is 33.3 Å². The maximum Gasteiger partial charge on any atom is 0.316 e. The first-order valence-electron chi connectivity index (χ1n) is 24.4. The molecule has 0 aromatic rings. The number of rotatable bonds is 11. The lowest BCUT2D eigenvalue weighted by Gasteiger charge is -2.51. The Kier molecular flexibility index (Phi) is 17.3. The fourth-order valence-corrected chi connectivity index (χ4v) is 13.1. The molecule has 0 radical (unpaired) electrons. The number of hydrogen-bond acceptors (Lipinski definition) is 15. The Labute approximate surface area is 394 Å². The van der Waals surface area contributed by atoms with E-state index >= 15 is 0 Å². The molecule has 21 atom stereocenters. The molecule has 2 unspecified atom stereocenters. The van der Waals surface area contributed by atoms with Gasteiger partial charge in [-0.15, -0.1) is 0 Å². The van der Waals surface area contributed by atoms with Gasteiger partial charge in [-0.3, -0.25) is 9.00 Å². The lowest BCUT2D eigenvalue weighted by molar-refractivity contribution is -0.340. The molecule has 3 N–H and O–H groups in total. The Bertz CT molecular complexity index is 1820. The van der Waals surface area contributed by atoms with E-state index in [1.807, 2.05) is 32.9 Å². The highest BCUT2D eigenvalue weighted by atomic mass is 32.2. The molecule has 374 valence electrons. The number of aliphatic hydroxyl groups excluding tert-OH is 2. The molecule has 1 spiro atoms. The fourth-order valence-electron chi connectivity index (χ4n) is 11.6. The lowest BCUT2D eigenvalue weighted by Crippen LogP contribution is -2.58. The molecule has 7 rings (SSSR count). The van der Waals surface area contributed by atoms with Crippen LogP contribution in [0.1, 0.15) is 107 Å². The van der Waals surface area contributed by atoms with Crippen LogP contribution < -0.4 is 0 Å². The summed E-state index contributed by atoms with van der Waals surface area (Å²) in [6.07, 6.45) is 6.93. The average molecular weight is 951 g/mol. The van der Waals surface area contributed by atoms with Crippen LogP contribution in [0.25, 0.3) is 0 Å². The number of allylic oxidation sites excluding steroid dienone is 2. The van der Waals surface area contributed by atoms with Gasteiger partial charge in [-0.25, -0.2) is 0 Å². The molecule has 66 heavy (non-hydrogen) atoms. The van der Waals surface area contributed by atoms with Gasteiger partial charge in [0.05, 0.1) is 61.2 Å². The molecule has 16 heteroatoms. The predicted molar refractivity (Wildman–Crippen MR) is 245 cm³/mol. The maximum atomic E-state index is 14.4. The van der Waals surface area contributed by atoms with Crippen LogP contribution in [0.3, 0.4) is 0 Å². The third kappa shape index (κ3) is 10.9. The zero-order valence-electron chi connectivity index (χ0n) is 40.7. The highest BCUT2D eigenvalue weighted by Gasteiger charge is 2.60. The Morgan fingerprint density at radius 3 is 2.38 bits per heavy atom. The Morgan fingerprint density at radius 2 is 1.67 bits per heavy atom. The van der Waals surface area contributed by atoms with Crippen molar-refractivity contribution in [3.63, 3.8) is 0 Å². The Balaban J connectivity index is 1.15. The van der Waals surface area contributed by atoms with Crippen molar-refractivity contribution in [2.75, 3.05) is 33.2 Å². The molecule has 0 saturated carbocycles. The van der Waals surface area contributed by atoms with Gasteiger partial charge in [0.25, 0.3) is 0 Å². The number of carbonyl (C=O) groups excluding carboxylic acids is 1. The molecule has 1 aliphatic carbocycles. The first kappa shape index (κ1) is 51.9. The zero-order chi connectivity index (χ0) is 47.7. The van der Waals surface area contributed by atoms with Crippen LogP contribution in [-0.2, 0) is 63.0 Å².